The molecule has 1 aromatic carbocycles. The highest BCUT2D eigenvalue weighted by atomic mass is 79.9. The molecule has 124 valence electrons. The summed E-state index contributed by atoms with van der Waals surface area (Å²) in [6.07, 6.45) is -4.33. The first-order chi connectivity index (χ1) is 10.8. The van der Waals surface area contributed by atoms with Crippen molar-refractivity contribution in [2.24, 2.45) is 5.73 Å². The van der Waals surface area contributed by atoms with Crippen LogP contribution in [0.4, 0.5) is 13.2 Å². The van der Waals surface area contributed by atoms with Gasteiger partial charge in [-0.3, -0.25) is 4.79 Å². The second-order valence-corrected chi connectivity index (χ2v) is 5.49. The molecule has 0 aliphatic heterocycles. The van der Waals surface area contributed by atoms with Gasteiger partial charge in [0.05, 0.1) is 5.69 Å². The van der Waals surface area contributed by atoms with Crippen molar-refractivity contribution in [1.29, 1.82) is 0 Å². The number of benzene rings is 1. The maximum absolute atomic E-state index is 13.3. The van der Waals surface area contributed by atoms with E-state index in [2.05, 4.69) is 31.6 Å². The largest absolute Gasteiger partial charge is 0.435 e. The molecule has 0 bridgehead atoms. The third-order valence-corrected chi connectivity index (χ3v) is 3.42. The number of nitrogens with zero attached hydrogens (tertiary/aromatic N) is 3. The van der Waals surface area contributed by atoms with Crippen molar-refractivity contribution in [2.45, 2.75) is 12.6 Å². The van der Waals surface area contributed by atoms with Crippen LogP contribution < -0.4 is 11.1 Å². The van der Waals surface area contributed by atoms with Gasteiger partial charge in [0.2, 0.25) is 0 Å². The van der Waals surface area contributed by atoms with Crippen LogP contribution in [0.25, 0.3) is 5.69 Å². The predicted octanol–water partition coefficient (Wildman–Crippen LogP) is 2.13. The Hall–Kier alpha value is -1.94. The number of halogens is 4. The van der Waals surface area contributed by atoms with Crippen molar-refractivity contribution in [3.63, 3.8) is 0 Å². The van der Waals surface area contributed by atoms with Crippen LogP contribution >= 0.6 is 15.9 Å². The standard InChI is InChI=1S/C13H13BrF3N5O/c14-8-2-4-9(5-3-8)22-11(13(15,16)17)10(20-21-22)12(23)19-7-1-6-18/h2-5H,1,6-7,18H2,(H,19,23). The summed E-state index contributed by atoms with van der Waals surface area (Å²) in [6.45, 7) is 0.482. The molecule has 0 unspecified atom stereocenters. The van der Waals surface area contributed by atoms with E-state index in [9.17, 15) is 18.0 Å². The van der Waals surface area contributed by atoms with Crippen molar-refractivity contribution >= 4 is 21.8 Å². The average Bonchev–Trinajstić information content (AvgIpc) is 2.93. The van der Waals surface area contributed by atoms with Gasteiger partial charge in [0.1, 0.15) is 0 Å². The predicted molar refractivity (Wildman–Crippen MR) is 80.1 cm³/mol. The fourth-order valence-corrected chi connectivity index (χ4v) is 2.10. The molecule has 0 radical (unpaired) electrons. The number of rotatable bonds is 5. The van der Waals surface area contributed by atoms with Crippen LogP contribution in [-0.2, 0) is 6.18 Å². The Labute approximate surface area is 138 Å². The molecule has 0 aliphatic carbocycles. The first-order valence-electron chi connectivity index (χ1n) is 6.61. The Morgan fingerprint density at radius 2 is 1.96 bits per heavy atom. The van der Waals surface area contributed by atoms with Gasteiger partial charge in [-0.05, 0) is 37.2 Å². The topological polar surface area (TPSA) is 85.8 Å². The van der Waals surface area contributed by atoms with Crippen molar-refractivity contribution in [3.05, 3.63) is 40.1 Å². The molecule has 23 heavy (non-hydrogen) atoms. The Morgan fingerprint density at radius 1 is 1.30 bits per heavy atom. The number of nitrogens with one attached hydrogen (secondary N) is 1. The van der Waals surface area contributed by atoms with Gasteiger partial charge in [-0.25, -0.2) is 4.68 Å². The van der Waals surface area contributed by atoms with Crippen LogP contribution in [0.15, 0.2) is 28.7 Å². The van der Waals surface area contributed by atoms with E-state index >= 15 is 0 Å². The maximum Gasteiger partial charge on any atom is 0.435 e. The molecule has 0 spiro atoms. The lowest BCUT2D eigenvalue weighted by atomic mass is 10.2. The fourth-order valence-electron chi connectivity index (χ4n) is 1.84. The number of nitrogens with two attached hydrogens (primary N) is 1. The first-order valence-corrected chi connectivity index (χ1v) is 7.41. The van der Waals surface area contributed by atoms with Crippen LogP contribution in [0.5, 0.6) is 0 Å². The van der Waals surface area contributed by atoms with E-state index in [0.717, 1.165) is 0 Å². The highest BCUT2D eigenvalue weighted by Gasteiger charge is 2.41. The average molecular weight is 392 g/mol. The van der Waals surface area contributed by atoms with Crippen molar-refractivity contribution in [2.75, 3.05) is 13.1 Å². The Morgan fingerprint density at radius 3 is 2.52 bits per heavy atom. The minimum absolute atomic E-state index is 0.147. The van der Waals surface area contributed by atoms with Crippen LogP contribution in [0.3, 0.4) is 0 Å². The molecule has 1 heterocycles. The van der Waals surface area contributed by atoms with Crippen molar-refractivity contribution in [3.8, 4) is 5.69 Å². The number of carbonyl (C=O) groups excluding carboxylic acids is 1. The monoisotopic (exact) mass is 391 g/mol. The second kappa shape index (κ2) is 7.09. The third-order valence-electron chi connectivity index (χ3n) is 2.89. The molecular weight excluding hydrogens is 379 g/mol. The molecule has 6 nitrogen and oxygen atoms in total. The number of amides is 1. The van der Waals surface area contributed by atoms with E-state index in [1.807, 2.05) is 0 Å². The number of aromatic nitrogens is 3. The van der Waals surface area contributed by atoms with E-state index in [0.29, 0.717) is 22.1 Å². The molecule has 0 saturated carbocycles. The molecule has 0 fully saturated rings. The van der Waals surface area contributed by atoms with Gasteiger partial charge in [-0.15, -0.1) is 5.10 Å². The van der Waals surface area contributed by atoms with Crippen LogP contribution in [0.2, 0.25) is 0 Å². The zero-order chi connectivity index (χ0) is 17.0. The summed E-state index contributed by atoms with van der Waals surface area (Å²) in [7, 11) is 0. The highest BCUT2D eigenvalue weighted by Crippen LogP contribution is 2.32. The lowest BCUT2D eigenvalue weighted by Crippen LogP contribution is -2.29. The third kappa shape index (κ3) is 4.08. The molecule has 0 saturated heterocycles. The fraction of sp³-hybridized carbons (Fsp3) is 0.308. The van der Waals surface area contributed by atoms with E-state index in [4.69, 9.17) is 5.73 Å². The van der Waals surface area contributed by atoms with E-state index in [-0.39, 0.29) is 12.2 Å². The van der Waals surface area contributed by atoms with Gasteiger partial charge >= 0.3 is 6.18 Å². The van der Waals surface area contributed by atoms with Crippen LogP contribution in [0.1, 0.15) is 22.6 Å². The summed E-state index contributed by atoms with van der Waals surface area (Å²) >= 11 is 3.20. The SMILES string of the molecule is NCCCNC(=O)c1nnn(-c2ccc(Br)cc2)c1C(F)(F)F. The van der Waals surface area contributed by atoms with Gasteiger partial charge in [0, 0.05) is 11.0 Å². The lowest BCUT2D eigenvalue weighted by Gasteiger charge is -2.11. The summed E-state index contributed by atoms with van der Waals surface area (Å²) in [6, 6.07) is 6.00. The molecule has 3 N–H and O–H groups in total. The second-order valence-electron chi connectivity index (χ2n) is 4.57. The smallest absolute Gasteiger partial charge is 0.351 e. The minimum atomic E-state index is -4.78. The van der Waals surface area contributed by atoms with Crippen LogP contribution in [0, 0.1) is 0 Å². The molecule has 0 aliphatic rings. The van der Waals surface area contributed by atoms with E-state index in [1.54, 1.807) is 12.1 Å². The molecule has 0 atom stereocenters. The van der Waals surface area contributed by atoms with Gasteiger partial charge < -0.3 is 11.1 Å². The van der Waals surface area contributed by atoms with Crippen molar-refractivity contribution < 1.29 is 18.0 Å². The molecule has 10 heteroatoms. The normalized spacial score (nSPS) is 11.5. The van der Waals surface area contributed by atoms with Gasteiger partial charge in [-0.1, -0.05) is 21.1 Å². The number of hydrogen-bond donors (Lipinski definition) is 2. The zero-order valence-corrected chi connectivity index (χ0v) is 13.4. The Balaban J connectivity index is 2.41. The van der Waals surface area contributed by atoms with E-state index in [1.165, 1.54) is 12.1 Å². The van der Waals surface area contributed by atoms with Gasteiger partial charge in [0.15, 0.2) is 11.4 Å². The Kier molecular flexibility index (Phi) is 5.37. The quantitative estimate of drug-likeness (QED) is 0.764. The molecule has 1 amide bonds. The molecule has 1 aromatic heterocycles. The lowest BCUT2D eigenvalue weighted by molar-refractivity contribution is -0.143. The summed E-state index contributed by atoms with van der Waals surface area (Å²) in [5.41, 5.74) is 3.44. The first kappa shape index (κ1) is 17.4. The molecule has 2 aromatic rings. The number of alkyl halides is 3. The van der Waals surface area contributed by atoms with Crippen molar-refractivity contribution in [1.82, 2.24) is 20.3 Å². The number of hydrogen-bond acceptors (Lipinski definition) is 4. The van der Waals surface area contributed by atoms with E-state index < -0.39 is 23.5 Å². The maximum atomic E-state index is 13.3. The molecule has 2 rings (SSSR count). The number of carbonyl (C=O) groups is 1. The summed E-state index contributed by atoms with van der Waals surface area (Å²) in [4.78, 5) is 11.9. The van der Waals surface area contributed by atoms with Crippen LogP contribution in [-0.4, -0.2) is 34.0 Å². The minimum Gasteiger partial charge on any atom is -0.351 e. The summed E-state index contributed by atoms with van der Waals surface area (Å²) in [5, 5.41) is 9.22. The Bertz CT molecular complexity index is 684. The van der Waals surface area contributed by atoms with Gasteiger partial charge in [0.25, 0.3) is 5.91 Å². The van der Waals surface area contributed by atoms with Gasteiger partial charge in [-0.2, -0.15) is 13.2 Å². The summed E-state index contributed by atoms with van der Waals surface area (Å²) < 4.78 is 41.3. The molecular formula is C13H13BrF3N5O. The summed E-state index contributed by atoms with van der Waals surface area (Å²) in [5.74, 6) is -0.936. The zero-order valence-electron chi connectivity index (χ0n) is 11.8. The highest BCUT2D eigenvalue weighted by molar-refractivity contribution is 9.10.